The average Bonchev–Trinajstić information content (AvgIpc) is 2.75. The molecule has 0 bridgehead atoms. The number of ether oxygens (including phenoxy) is 1. The molecule has 0 aromatic heterocycles. The van der Waals surface area contributed by atoms with Crippen molar-refractivity contribution in [2.24, 2.45) is 5.92 Å². The summed E-state index contributed by atoms with van der Waals surface area (Å²) in [4.78, 5) is 23.2. The number of alkyl carbamates (subject to hydrolysis) is 1. The van der Waals surface area contributed by atoms with Crippen LogP contribution in [0.2, 0.25) is 0 Å². The van der Waals surface area contributed by atoms with Crippen LogP contribution >= 0.6 is 0 Å². The maximum absolute atomic E-state index is 11.7. The molecule has 2 aliphatic rings. The number of benzene rings is 1. The van der Waals surface area contributed by atoms with Crippen molar-refractivity contribution in [3.8, 4) is 0 Å². The second-order valence-corrected chi connectivity index (χ2v) is 5.33. The Balaban J connectivity index is 1.50. The van der Waals surface area contributed by atoms with Crippen LogP contribution in [0, 0.1) is 5.92 Å². The molecule has 2 unspecified atom stereocenters. The molecule has 1 aliphatic carbocycles. The van der Waals surface area contributed by atoms with E-state index < -0.39 is 11.6 Å². The van der Waals surface area contributed by atoms with Crippen LogP contribution in [-0.2, 0) is 11.3 Å². The first kappa shape index (κ1) is 13.5. The van der Waals surface area contributed by atoms with Crippen LogP contribution in [0.3, 0.4) is 0 Å². The molecule has 1 aromatic rings. The van der Waals surface area contributed by atoms with Crippen LogP contribution in [0.4, 0.5) is 9.59 Å². The normalized spacial score (nSPS) is 25.9. The molecule has 1 aromatic carbocycles. The highest BCUT2D eigenvalue weighted by atomic mass is 16.5. The Morgan fingerprint density at radius 3 is 2.81 bits per heavy atom. The third-order valence-electron chi connectivity index (χ3n) is 3.98. The van der Waals surface area contributed by atoms with E-state index in [1.807, 2.05) is 43.3 Å². The molecular weight excluding hydrogens is 270 g/mol. The summed E-state index contributed by atoms with van der Waals surface area (Å²) >= 11 is 0. The first-order valence-electron chi connectivity index (χ1n) is 6.86. The standard InChI is InChI=1S/C15H17N3O3/c1-10-7-12-15(10,18-13(19)17-12)9-16-14(20)21-8-11-5-3-2-4-6-11/h2-7,10H,8-9H2,1H3,(H,16,20)(H2,17,18,19). The second-order valence-electron chi connectivity index (χ2n) is 5.33. The monoisotopic (exact) mass is 287 g/mol. The zero-order valence-corrected chi connectivity index (χ0v) is 11.7. The molecule has 1 heterocycles. The fourth-order valence-electron chi connectivity index (χ4n) is 2.67. The first-order chi connectivity index (χ1) is 10.1. The Hall–Kier alpha value is -2.50. The molecule has 3 amide bonds. The van der Waals surface area contributed by atoms with Gasteiger partial charge in [0.1, 0.15) is 12.1 Å². The highest BCUT2D eigenvalue weighted by Crippen LogP contribution is 2.38. The summed E-state index contributed by atoms with van der Waals surface area (Å²) in [5.41, 5.74) is 1.24. The summed E-state index contributed by atoms with van der Waals surface area (Å²) in [6, 6.07) is 9.24. The van der Waals surface area contributed by atoms with Crippen molar-refractivity contribution in [3.05, 3.63) is 47.7 Å². The van der Waals surface area contributed by atoms with E-state index in [9.17, 15) is 9.59 Å². The number of nitrogens with one attached hydrogen (secondary N) is 3. The van der Waals surface area contributed by atoms with Crippen molar-refractivity contribution in [1.82, 2.24) is 16.0 Å². The molecule has 3 N–H and O–H groups in total. The Morgan fingerprint density at radius 2 is 2.14 bits per heavy atom. The van der Waals surface area contributed by atoms with E-state index in [0.717, 1.165) is 11.3 Å². The minimum atomic E-state index is -0.511. The summed E-state index contributed by atoms with van der Waals surface area (Å²) in [5.74, 6) is 0.167. The predicted molar refractivity (Wildman–Crippen MR) is 76.3 cm³/mol. The second kappa shape index (κ2) is 5.12. The number of amides is 3. The molecule has 3 rings (SSSR count). The topological polar surface area (TPSA) is 79.5 Å². The molecule has 0 radical (unpaired) electrons. The molecule has 110 valence electrons. The van der Waals surface area contributed by atoms with Gasteiger partial charge in [-0.2, -0.15) is 0 Å². The van der Waals surface area contributed by atoms with Crippen LogP contribution < -0.4 is 16.0 Å². The number of rotatable bonds is 4. The zero-order valence-electron chi connectivity index (χ0n) is 11.7. The van der Waals surface area contributed by atoms with Gasteiger partial charge < -0.3 is 20.7 Å². The van der Waals surface area contributed by atoms with Gasteiger partial charge >= 0.3 is 12.1 Å². The number of hydrogen-bond donors (Lipinski definition) is 3. The molecule has 6 heteroatoms. The lowest BCUT2D eigenvalue weighted by molar-refractivity contribution is 0.135. The minimum absolute atomic E-state index is 0.167. The van der Waals surface area contributed by atoms with E-state index in [-0.39, 0.29) is 18.6 Å². The highest BCUT2D eigenvalue weighted by molar-refractivity contribution is 5.84. The summed E-state index contributed by atoms with van der Waals surface area (Å²) in [7, 11) is 0. The Morgan fingerprint density at radius 1 is 1.38 bits per heavy atom. The third kappa shape index (κ3) is 2.44. The number of fused-ring (bicyclic) bond motifs is 1. The predicted octanol–water partition coefficient (Wildman–Crippen LogP) is 1.50. The Kier molecular flexibility index (Phi) is 3.29. The molecular formula is C15H17N3O3. The van der Waals surface area contributed by atoms with Crippen LogP contribution in [-0.4, -0.2) is 24.2 Å². The van der Waals surface area contributed by atoms with Gasteiger partial charge in [0.05, 0.1) is 6.54 Å². The summed E-state index contributed by atoms with van der Waals surface area (Å²) in [5, 5.41) is 8.29. The van der Waals surface area contributed by atoms with Gasteiger partial charge in [0.25, 0.3) is 0 Å². The molecule has 21 heavy (non-hydrogen) atoms. The first-order valence-corrected chi connectivity index (χ1v) is 6.86. The van der Waals surface area contributed by atoms with E-state index in [4.69, 9.17) is 4.74 Å². The van der Waals surface area contributed by atoms with Gasteiger partial charge in [-0.3, -0.25) is 0 Å². The molecule has 1 fully saturated rings. The van der Waals surface area contributed by atoms with E-state index in [1.165, 1.54) is 0 Å². The maximum atomic E-state index is 11.7. The van der Waals surface area contributed by atoms with Gasteiger partial charge in [-0.1, -0.05) is 43.3 Å². The third-order valence-corrected chi connectivity index (χ3v) is 3.98. The fraction of sp³-hybridized carbons (Fsp3) is 0.333. The van der Waals surface area contributed by atoms with E-state index >= 15 is 0 Å². The molecule has 2 atom stereocenters. The van der Waals surface area contributed by atoms with Gasteiger partial charge in [0.2, 0.25) is 0 Å². The maximum Gasteiger partial charge on any atom is 0.407 e. The van der Waals surface area contributed by atoms with Crippen LogP contribution in [0.1, 0.15) is 12.5 Å². The SMILES string of the molecule is CC1C=C2NC(=O)NC21CNC(=O)OCc1ccccc1. The highest BCUT2D eigenvalue weighted by Gasteiger charge is 2.52. The molecule has 0 spiro atoms. The Bertz CT molecular complexity index is 599. The van der Waals surface area contributed by atoms with Crippen molar-refractivity contribution < 1.29 is 14.3 Å². The van der Waals surface area contributed by atoms with Gasteiger partial charge in [-0.25, -0.2) is 9.59 Å². The zero-order chi connectivity index (χ0) is 14.9. The van der Waals surface area contributed by atoms with E-state index in [0.29, 0.717) is 6.54 Å². The number of hydrogen-bond acceptors (Lipinski definition) is 3. The van der Waals surface area contributed by atoms with Crippen molar-refractivity contribution in [2.75, 3.05) is 6.54 Å². The lowest BCUT2D eigenvalue weighted by Crippen LogP contribution is -2.59. The van der Waals surface area contributed by atoms with Crippen molar-refractivity contribution >= 4 is 12.1 Å². The largest absolute Gasteiger partial charge is 0.445 e. The summed E-state index contributed by atoms with van der Waals surface area (Å²) < 4.78 is 5.15. The van der Waals surface area contributed by atoms with Gasteiger partial charge in [0, 0.05) is 11.6 Å². The van der Waals surface area contributed by atoms with Crippen LogP contribution in [0.15, 0.2) is 42.1 Å². The van der Waals surface area contributed by atoms with Gasteiger partial charge in [-0.15, -0.1) is 0 Å². The van der Waals surface area contributed by atoms with Crippen molar-refractivity contribution in [3.63, 3.8) is 0 Å². The Labute approximate surface area is 122 Å². The molecule has 6 nitrogen and oxygen atoms in total. The van der Waals surface area contributed by atoms with Crippen LogP contribution in [0.5, 0.6) is 0 Å². The minimum Gasteiger partial charge on any atom is -0.445 e. The van der Waals surface area contributed by atoms with Crippen LogP contribution in [0.25, 0.3) is 0 Å². The van der Waals surface area contributed by atoms with Crippen molar-refractivity contribution in [1.29, 1.82) is 0 Å². The van der Waals surface area contributed by atoms with E-state index in [1.54, 1.807) is 0 Å². The summed E-state index contributed by atoms with van der Waals surface area (Å²) in [6.45, 7) is 2.53. The fourth-order valence-corrected chi connectivity index (χ4v) is 2.67. The number of carbonyl (C=O) groups is 2. The lowest BCUT2D eigenvalue weighted by atomic mass is 9.73. The number of urea groups is 1. The smallest absolute Gasteiger partial charge is 0.407 e. The lowest BCUT2D eigenvalue weighted by Gasteiger charge is -2.41. The quantitative estimate of drug-likeness (QED) is 0.785. The molecule has 1 saturated heterocycles. The molecule has 1 aliphatic heterocycles. The van der Waals surface area contributed by atoms with Gasteiger partial charge in [0.15, 0.2) is 0 Å². The number of carbonyl (C=O) groups excluding carboxylic acids is 2. The average molecular weight is 287 g/mol. The molecule has 0 saturated carbocycles. The summed E-state index contributed by atoms with van der Waals surface area (Å²) in [6.07, 6.45) is 1.47. The van der Waals surface area contributed by atoms with Crippen molar-refractivity contribution in [2.45, 2.75) is 19.1 Å². The van der Waals surface area contributed by atoms with Gasteiger partial charge in [-0.05, 0) is 5.56 Å². The van der Waals surface area contributed by atoms with E-state index in [2.05, 4.69) is 16.0 Å².